The summed E-state index contributed by atoms with van der Waals surface area (Å²) in [6, 6.07) is 19.3. The van der Waals surface area contributed by atoms with E-state index < -0.39 is 5.97 Å². The molecule has 2 aromatic carbocycles. The minimum absolute atomic E-state index is 0.210. The number of furan rings is 1. The van der Waals surface area contributed by atoms with Gasteiger partial charge in [0.15, 0.2) is 5.17 Å². The number of aromatic carboxylic acids is 1. The van der Waals surface area contributed by atoms with Crippen molar-refractivity contribution < 1.29 is 19.1 Å². The maximum Gasteiger partial charge on any atom is 0.335 e. The van der Waals surface area contributed by atoms with E-state index in [-0.39, 0.29) is 11.5 Å². The quantitative estimate of drug-likeness (QED) is 0.638. The Morgan fingerprint density at radius 3 is 2.50 bits per heavy atom. The Labute approximate surface area is 164 Å². The zero-order valence-corrected chi connectivity index (χ0v) is 15.3. The number of carboxylic acid groups (broad SMARTS) is 1. The van der Waals surface area contributed by atoms with Crippen molar-refractivity contribution in [2.24, 2.45) is 4.99 Å². The van der Waals surface area contributed by atoms with Crippen LogP contribution in [0, 0.1) is 0 Å². The van der Waals surface area contributed by atoms with Crippen molar-refractivity contribution in [2.45, 2.75) is 0 Å². The van der Waals surface area contributed by atoms with E-state index in [2.05, 4.69) is 10.3 Å². The zero-order valence-electron chi connectivity index (χ0n) is 14.5. The van der Waals surface area contributed by atoms with Crippen LogP contribution in [-0.4, -0.2) is 22.2 Å². The third kappa shape index (κ3) is 3.89. The van der Waals surface area contributed by atoms with Gasteiger partial charge in [-0.3, -0.25) is 4.79 Å². The number of hydrogen-bond acceptors (Lipinski definition) is 5. The molecule has 4 rings (SSSR count). The Kier molecular flexibility index (Phi) is 4.82. The van der Waals surface area contributed by atoms with E-state index in [4.69, 9.17) is 9.52 Å². The molecular weight excluding hydrogens is 376 g/mol. The van der Waals surface area contributed by atoms with E-state index in [1.54, 1.807) is 30.3 Å². The SMILES string of the molecule is O=C1NC(=Nc2ccccc2)S/C1=C/c1ccc(-c2ccc(C(=O)O)cc2)o1. The standard InChI is InChI=1S/C21H14N2O4S/c24-19-18(28-21(23-19)22-15-4-2-1-3-5-15)12-16-10-11-17(27-16)13-6-8-14(9-7-13)20(25)26/h1-12H,(H,25,26)(H,22,23,24)/b18-12+. The molecule has 3 aromatic rings. The molecule has 0 bridgehead atoms. The van der Waals surface area contributed by atoms with Gasteiger partial charge in [0, 0.05) is 11.6 Å². The lowest BCUT2D eigenvalue weighted by molar-refractivity contribution is -0.115. The zero-order chi connectivity index (χ0) is 19.5. The van der Waals surface area contributed by atoms with Crippen LogP contribution in [0.3, 0.4) is 0 Å². The van der Waals surface area contributed by atoms with Crippen molar-refractivity contribution in [3.05, 3.63) is 83.0 Å². The molecule has 0 aliphatic carbocycles. The average molecular weight is 390 g/mol. The average Bonchev–Trinajstić information content (AvgIpc) is 3.30. The van der Waals surface area contributed by atoms with Crippen LogP contribution in [-0.2, 0) is 4.79 Å². The molecule has 1 amide bonds. The van der Waals surface area contributed by atoms with Crippen LogP contribution in [0.2, 0.25) is 0 Å². The van der Waals surface area contributed by atoms with Crippen LogP contribution < -0.4 is 5.32 Å². The van der Waals surface area contributed by atoms with Crippen LogP contribution >= 0.6 is 11.8 Å². The number of amides is 1. The van der Waals surface area contributed by atoms with E-state index in [0.29, 0.717) is 21.6 Å². The molecule has 138 valence electrons. The van der Waals surface area contributed by atoms with Crippen LogP contribution in [0.25, 0.3) is 17.4 Å². The Morgan fingerprint density at radius 1 is 1.04 bits per heavy atom. The molecule has 0 radical (unpaired) electrons. The highest BCUT2D eigenvalue weighted by molar-refractivity contribution is 8.18. The van der Waals surface area contributed by atoms with E-state index in [9.17, 15) is 9.59 Å². The lowest BCUT2D eigenvalue weighted by Gasteiger charge is -1.98. The molecule has 2 heterocycles. The summed E-state index contributed by atoms with van der Waals surface area (Å²) in [5.41, 5.74) is 1.73. The maximum absolute atomic E-state index is 12.2. The number of benzene rings is 2. The molecular formula is C21H14N2O4S. The molecule has 1 aliphatic rings. The monoisotopic (exact) mass is 390 g/mol. The van der Waals surface area contributed by atoms with Crippen molar-refractivity contribution in [2.75, 3.05) is 0 Å². The fraction of sp³-hybridized carbons (Fsp3) is 0. The Bertz CT molecular complexity index is 1100. The molecule has 1 saturated heterocycles. The summed E-state index contributed by atoms with van der Waals surface area (Å²) in [4.78, 5) is 28.0. The van der Waals surface area contributed by atoms with Gasteiger partial charge in [0.25, 0.3) is 5.91 Å². The first-order valence-electron chi connectivity index (χ1n) is 8.37. The predicted octanol–water partition coefficient (Wildman–Crippen LogP) is 4.54. The number of para-hydroxylation sites is 1. The van der Waals surface area contributed by atoms with Gasteiger partial charge in [-0.2, -0.15) is 0 Å². The van der Waals surface area contributed by atoms with Gasteiger partial charge < -0.3 is 14.8 Å². The molecule has 1 aliphatic heterocycles. The Morgan fingerprint density at radius 2 is 1.79 bits per heavy atom. The summed E-state index contributed by atoms with van der Waals surface area (Å²) in [7, 11) is 0. The van der Waals surface area contributed by atoms with Gasteiger partial charge in [0.1, 0.15) is 11.5 Å². The summed E-state index contributed by atoms with van der Waals surface area (Å²) in [5, 5.41) is 12.2. The molecule has 7 heteroatoms. The maximum atomic E-state index is 12.2. The van der Waals surface area contributed by atoms with Crippen molar-refractivity contribution >= 4 is 40.6 Å². The second-order valence-corrected chi connectivity index (χ2v) is 6.93. The molecule has 2 N–H and O–H groups in total. The number of nitrogens with zero attached hydrogens (tertiary/aromatic N) is 1. The van der Waals surface area contributed by atoms with Crippen LogP contribution in [0.5, 0.6) is 0 Å². The number of carbonyl (C=O) groups is 2. The molecule has 1 aromatic heterocycles. The van der Waals surface area contributed by atoms with Gasteiger partial charge in [-0.25, -0.2) is 9.79 Å². The third-order valence-electron chi connectivity index (χ3n) is 3.95. The molecule has 0 atom stereocenters. The van der Waals surface area contributed by atoms with Crippen molar-refractivity contribution in [3.63, 3.8) is 0 Å². The number of thioether (sulfide) groups is 1. The van der Waals surface area contributed by atoms with Crippen molar-refractivity contribution in [1.29, 1.82) is 0 Å². The van der Waals surface area contributed by atoms with E-state index >= 15 is 0 Å². The number of hydrogen-bond donors (Lipinski definition) is 2. The lowest BCUT2D eigenvalue weighted by Crippen LogP contribution is -2.19. The Balaban J connectivity index is 1.53. The molecule has 6 nitrogen and oxygen atoms in total. The van der Waals surface area contributed by atoms with Gasteiger partial charge in [-0.15, -0.1) is 0 Å². The first-order valence-corrected chi connectivity index (χ1v) is 9.18. The first kappa shape index (κ1) is 17.8. The molecule has 0 unspecified atom stereocenters. The van der Waals surface area contributed by atoms with E-state index in [0.717, 1.165) is 11.3 Å². The number of nitrogens with one attached hydrogen (secondary N) is 1. The minimum atomic E-state index is -0.978. The van der Waals surface area contributed by atoms with Crippen molar-refractivity contribution in [3.8, 4) is 11.3 Å². The molecule has 0 spiro atoms. The summed E-state index contributed by atoms with van der Waals surface area (Å²) in [6.07, 6.45) is 1.66. The fourth-order valence-corrected chi connectivity index (χ4v) is 3.41. The minimum Gasteiger partial charge on any atom is -0.478 e. The number of carbonyl (C=O) groups excluding carboxylic acids is 1. The second kappa shape index (κ2) is 7.58. The normalized spacial score (nSPS) is 16.5. The van der Waals surface area contributed by atoms with Crippen LogP contribution in [0.4, 0.5) is 5.69 Å². The molecule has 0 saturated carbocycles. The van der Waals surface area contributed by atoms with Gasteiger partial charge in [0.2, 0.25) is 0 Å². The second-order valence-electron chi connectivity index (χ2n) is 5.90. The number of amidine groups is 1. The summed E-state index contributed by atoms with van der Waals surface area (Å²) in [6.45, 7) is 0. The number of aliphatic imine (C=N–C) groups is 1. The predicted molar refractivity (Wildman–Crippen MR) is 108 cm³/mol. The summed E-state index contributed by atoms with van der Waals surface area (Å²) >= 11 is 1.24. The smallest absolute Gasteiger partial charge is 0.335 e. The number of rotatable bonds is 4. The van der Waals surface area contributed by atoms with Crippen molar-refractivity contribution in [1.82, 2.24) is 5.32 Å². The third-order valence-corrected chi connectivity index (χ3v) is 4.86. The molecule has 28 heavy (non-hydrogen) atoms. The fourth-order valence-electron chi connectivity index (χ4n) is 2.59. The van der Waals surface area contributed by atoms with E-state index in [1.165, 1.54) is 23.9 Å². The highest BCUT2D eigenvalue weighted by Crippen LogP contribution is 2.30. The highest BCUT2D eigenvalue weighted by atomic mass is 32.2. The summed E-state index contributed by atoms with van der Waals surface area (Å²) < 4.78 is 5.78. The number of carboxylic acids is 1. The largest absolute Gasteiger partial charge is 0.478 e. The van der Waals surface area contributed by atoms with Crippen LogP contribution in [0.1, 0.15) is 16.1 Å². The topological polar surface area (TPSA) is 91.9 Å². The lowest BCUT2D eigenvalue weighted by atomic mass is 10.1. The highest BCUT2D eigenvalue weighted by Gasteiger charge is 2.24. The van der Waals surface area contributed by atoms with Gasteiger partial charge in [-0.1, -0.05) is 30.3 Å². The Hall–Kier alpha value is -3.58. The first-order chi connectivity index (χ1) is 13.6. The van der Waals surface area contributed by atoms with Gasteiger partial charge >= 0.3 is 5.97 Å². The van der Waals surface area contributed by atoms with E-state index in [1.807, 2.05) is 30.3 Å². The van der Waals surface area contributed by atoms with Crippen LogP contribution in [0.15, 0.2) is 81.0 Å². The molecule has 1 fully saturated rings. The van der Waals surface area contributed by atoms with Gasteiger partial charge in [0.05, 0.1) is 16.2 Å². The van der Waals surface area contributed by atoms with Gasteiger partial charge in [-0.05, 0) is 48.2 Å². The summed E-state index contributed by atoms with van der Waals surface area (Å²) in [5.74, 6) is -0.0987.